The van der Waals surface area contributed by atoms with E-state index >= 15 is 0 Å². The first-order chi connectivity index (χ1) is 16.1. The van der Waals surface area contributed by atoms with Gasteiger partial charge in [0.15, 0.2) is 6.10 Å². The number of aliphatic hydroxyl groups is 1. The highest BCUT2D eigenvalue weighted by Crippen LogP contribution is 2.31. The Bertz CT molecular complexity index is 691. The fourth-order valence-corrected chi connectivity index (χ4v) is 3.40. The molecule has 3 rings (SSSR count). The van der Waals surface area contributed by atoms with Gasteiger partial charge in [-0.05, 0) is 56.4 Å². The minimum absolute atomic E-state index is 0. The van der Waals surface area contributed by atoms with E-state index in [9.17, 15) is 35.1 Å². The van der Waals surface area contributed by atoms with Crippen LogP contribution in [-0.2, 0) is 9.53 Å². The number of allylic oxidation sites excluding steroid dienone is 1. The summed E-state index contributed by atoms with van der Waals surface area (Å²) in [6, 6.07) is 0. The standard InChI is InChI=1S/C8H13NO4.C6H11NO3.C6H9NO2.C2H2.2CH4.H2/c1-6(10)13-8(5-9(11)12)7-3-2-4-7;8-6(4-7(9)10)5-2-1-3-5;8-7(9)5-4-6-2-1-3-6;1-2;;;/h7-8H,2-5H2,1H3;5-6,8H,1-4H2;4-6H,1-3H2;1-2H;2*1H4;1H/b;;5-4+;;;;/i;;;;;;1+1. The number of nitro groups is 3. The highest BCUT2D eigenvalue weighted by atomic mass is 16.6. The van der Waals surface area contributed by atoms with Crippen molar-refractivity contribution < 1.29 is 30.8 Å². The van der Waals surface area contributed by atoms with Gasteiger partial charge < -0.3 is 9.84 Å². The molecule has 0 aliphatic heterocycles. The maximum Gasteiger partial charge on any atom is 0.303 e. The van der Waals surface area contributed by atoms with Gasteiger partial charge in [0.25, 0.3) is 0 Å². The molecule has 0 spiro atoms. The number of ether oxygens (including phenoxy) is 1. The van der Waals surface area contributed by atoms with E-state index in [0.29, 0.717) is 5.92 Å². The SMILES string of the molecule is C.C.C#C.CC(=O)OC(C[N+](=O)[O-])C1CCC1.O=[N+]([O-])/C=C/C1CCC1.O=[N+]([O-])CC(O)C1CCC1.[2HH]. The number of rotatable bonds is 9. The molecule has 0 aromatic rings. The molecule has 1 N–H and O–H groups in total. The lowest BCUT2D eigenvalue weighted by molar-refractivity contribution is -0.493. The quantitative estimate of drug-likeness (QED) is 0.194. The van der Waals surface area contributed by atoms with Crippen LogP contribution in [0.15, 0.2) is 12.3 Å². The maximum atomic E-state index is 10.6. The normalized spacial score (nSPS) is 17.9. The molecule has 0 aromatic heterocycles. The lowest BCUT2D eigenvalue weighted by atomic mass is 9.81. The summed E-state index contributed by atoms with van der Waals surface area (Å²) in [5.74, 6) is 0.467. The van der Waals surface area contributed by atoms with Gasteiger partial charge in [0, 0.05) is 24.1 Å². The summed E-state index contributed by atoms with van der Waals surface area (Å²) in [5.41, 5.74) is 0. The molecule has 3 saturated carbocycles. The molecule has 2 atom stereocenters. The van der Waals surface area contributed by atoms with Gasteiger partial charge >= 0.3 is 5.97 Å². The lowest BCUT2D eigenvalue weighted by Gasteiger charge is -2.30. The Morgan fingerprint density at radius 1 is 0.944 bits per heavy atom. The van der Waals surface area contributed by atoms with Crippen LogP contribution in [0.1, 0.15) is 81.0 Å². The van der Waals surface area contributed by atoms with Crippen LogP contribution in [0.2, 0.25) is 0 Å². The van der Waals surface area contributed by atoms with Crippen molar-refractivity contribution in [1.29, 1.82) is 0 Å². The van der Waals surface area contributed by atoms with E-state index < -0.39 is 32.9 Å². The first-order valence-corrected chi connectivity index (χ1v) is 11.3. The first kappa shape index (κ1) is 37.5. The number of hydrogen-bond donors (Lipinski definition) is 1. The predicted octanol–water partition coefficient (Wildman–Crippen LogP) is 4.76. The number of carbonyl (C=O) groups excluding carboxylic acids is 1. The summed E-state index contributed by atoms with van der Waals surface area (Å²) >= 11 is 0. The van der Waals surface area contributed by atoms with Gasteiger partial charge in [0.1, 0.15) is 6.10 Å². The zero-order chi connectivity index (χ0) is 26.1. The van der Waals surface area contributed by atoms with E-state index in [4.69, 9.17) is 9.84 Å². The van der Waals surface area contributed by atoms with Crippen molar-refractivity contribution in [2.75, 3.05) is 13.1 Å². The summed E-state index contributed by atoms with van der Waals surface area (Å²) in [7, 11) is 0. The van der Waals surface area contributed by atoms with E-state index in [1.807, 2.05) is 0 Å². The third kappa shape index (κ3) is 17.4. The molecule has 3 fully saturated rings. The molecular weight excluding hydrogens is 474 g/mol. The van der Waals surface area contributed by atoms with Gasteiger partial charge in [-0.25, -0.2) is 0 Å². The summed E-state index contributed by atoms with van der Waals surface area (Å²) in [6.45, 7) is 0.737. The van der Waals surface area contributed by atoms with Crippen molar-refractivity contribution >= 4 is 5.97 Å². The minimum Gasteiger partial charge on any atom is -0.455 e. The summed E-state index contributed by atoms with van der Waals surface area (Å²) in [6.07, 6.45) is 19.0. The molecule has 0 saturated heterocycles. The van der Waals surface area contributed by atoms with Gasteiger partial charge in [-0.15, -0.1) is 12.8 Å². The number of aliphatic hydroxyl groups excluding tert-OH is 1. The zero-order valence-electron chi connectivity index (χ0n) is 19.5. The Labute approximate surface area is 215 Å². The molecule has 2 unspecified atom stereocenters. The van der Waals surface area contributed by atoms with Crippen LogP contribution >= 0.6 is 0 Å². The van der Waals surface area contributed by atoms with Crippen LogP contribution < -0.4 is 0 Å². The molecule has 210 valence electrons. The van der Waals surface area contributed by atoms with Crippen LogP contribution in [0.25, 0.3) is 0 Å². The second kappa shape index (κ2) is 21.2. The average molecular weight is 521 g/mol. The second-order valence-corrected chi connectivity index (χ2v) is 8.45. The van der Waals surface area contributed by atoms with Gasteiger partial charge in [-0.2, -0.15) is 0 Å². The van der Waals surface area contributed by atoms with Gasteiger partial charge in [0.05, 0.1) is 4.92 Å². The molecule has 0 bridgehead atoms. The van der Waals surface area contributed by atoms with Crippen molar-refractivity contribution in [3.63, 3.8) is 0 Å². The monoisotopic (exact) mass is 520 g/mol. The fourth-order valence-electron chi connectivity index (χ4n) is 3.40. The van der Waals surface area contributed by atoms with Gasteiger partial charge in [0.2, 0.25) is 19.3 Å². The molecule has 0 heterocycles. The van der Waals surface area contributed by atoms with E-state index in [2.05, 4.69) is 12.8 Å². The Morgan fingerprint density at radius 2 is 1.39 bits per heavy atom. The van der Waals surface area contributed by atoms with E-state index in [1.54, 1.807) is 6.08 Å². The lowest BCUT2D eigenvalue weighted by Crippen LogP contribution is -2.36. The van der Waals surface area contributed by atoms with Gasteiger partial charge in [-0.1, -0.05) is 34.1 Å². The van der Waals surface area contributed by atoms with Crippen molar-refractivity contribution in [3.8, 4) is 12.8 Å². The van der Waals surface area contributed by atoms with Crippen LogP contribution in [0.4, 0.5) is 0 Å². The number of terminal acetylenes is 1. The number of hydrogen-bond acceptors (Lipinski definition) is 9. The molecule has 0 amide bonds. The summed E-state index contributed by atoms with van der Waals surface area (Å²) in [5, 5.41) is 39.0. The van der Waals surface area contributed by atoms with Crippen molar-refractivity contribution in [2.45, 2.75) is 91.8 Å². The highest BCUT2D eigenvalue weighted by molar-refractivity contribution is 5.66. The number of nitrogens with zero attached hydrogens (tertiary/aromatic N) is 3. The van der Waals surface area contributed by atoms with E-state index in [0.717, 1.165) is 57.6 Å². The Morgan fingerprint density at radius 3 is 1.67 bits per heavy atom. The number of carbonyl (C=O) groups is 1. The highest BCUT2D eigenvalue weighted by Gasteiger charge is 2.33. The van der Waals surface area contributed by atoms with E-state index in [1.165, 1.54) is 13.3 Å². The van der Waals surface area contributed by atoms with Crippen molar-refractivity contribution in [1.82, 2.24) is 0 Å². The average Bonchev–Trinajstić information content (AvgIpc) is 2.58. The Balaban J connectivity index is -0.000000208. The topological polar surface area (TPSA) is 176 Å². The molecule has 36 heavy (non-hydrogen) atoms. The molecule has 12 heteroatoms. The first-order valence-electron chi connectivity index (χ1n) is 11.3. The second-order valence-electron chi connectivity index (χ2n) is 8.45. The molecular formula is C24H45N3O9. The Hall–Kier alpha value is -3.07. The van der Waals surface area contributed by atoms with Crippen LogP contribution in [0.3, 0.4) is 0 Å². The summed E-state index contributed by atoms with van der Waals surface area (Å²) in [4.78, 5) is 39.3. The maximum absolute atomic E-state index is 10.6. The minimum atomic E-state index is -0.705. The van der Waals surface area contributed by atoms with E-state index in [-0.39, 0.29) is 41.2 Å². The summed E-state index contributed by atoms with van der Waals surface area (Å²) < 4.78 is 4.88. The fraction of sp³-hybridized carbons (Fsp3) is 0.792. The smallest absolute Gasteiger partial charge is 0.303 e. The molecule has 12 nitrogen and oxygen atoms in total. The molecule has 0 aromatic carbocycles. The predicted molar refractivity (Wildman–Crippen MR) is 139 cm³/mol. The zero-order valence-corrected chi connectivity index (χ0v) is 19.5. The van der Waals surface area contributed by atoms with Crippen LogP contribution in [-0.4, -0.2) is 51.1 Å². The molecule has 0 radical (unpaired) electrons. The van der Waals surface area contributed by atoms with Crippen molar-refractivity contribution in [2.24, 2.45) is 17.8 Å². The third-order valence-corrected chi connectivity index (χ3v) is 5.98. The number of esters is 1. The van der Waals surface area contributed by atoms with Crippen molar-refractivity contribution in [3.05, 3.63) is 42.6 Å². The largest absolute Gasteiger partial charge is 0.455 e. The Kier molecular flexibility index (Phi) is 22.1. The molecule has 3 aliphatic carbocycles. The van der Waals surface area contributed by atoms with Gasteiger partial charge in [-0.3, -0.25) is 35.1 Å². The van der Waals surface area contributed by atoms with Crippen LogP contribution in [0.5, 0.6) is 0 Å². The van der Waals surface area contributed by atoms with Crippen LogP contribution in [0, 0.1) is 60.9 Å². The molecule has 3 aliphatic rings. The third-order valence-electron chi connectivity index (χ3n) is 5.98.